The van der Waals surface area contributed by atoms with Crippen molar-refractivity contribution in [3.8, 4) is 0 Å². The Labute approximate surface area is 130 Å². The summed E-state index contributed by atoms with van der Waals surface area (Å²) < 4.78 is 64.6. The standard InChI is InChI=1S/C14H11F3N2O3S/c15-9-1-4-11(5-2-9)23(21,22)18-8-14(20)19-13-6-3-10(16)7-12(13)17/h1-7,18H,8H2,(H,19,20). The van der Waals surface area contributed by atoms with Gasteiger partial charge in [-0.3, -0.25) is 4.79 Å². The Morgan fingerprint density at radius 3 is 2.17 bits per heavy atom. The van der Waals surface area contributed by atoms with E-state index in [1.807, 2.05) is 4.72 Å². The lowest BCUT2D eigenvalue weighted by Gasteiger charge is -2.08. The van der Waals surface area contributed by atoms with Gasteiger partial charge >= 0.3 is 0 Å². The number of amides is 1. The molecule has 0 radical (unpaired) electrons. The molecule has 0 saturated carbocycles. The van der Waals surface area contributed by atoms with E-state index in [-0.39, 0.29) is 10.6 Å². The third-order valence-electron chi connectivity index (χ3n) is 2.75. The van der Waals surface area contributed by atoms with Crippen LogP contribution in [0, 0.1) is 17.5 Å². The molecule has 0 atom stereocenters. The number of anilines is 1. The SMILES string of the molecule is O=C(CNS(=O)(=O)c1ccc(F)cc1)Nc1ccc(F)cc1F. The maximum Gasteiger partial charge on any atom is 0.241 e. The highest BCUT2D eigenvalue weighted by Gasteiger charge is 2.16. The van der Waals surface area contributed by atoms with E-state index in [0.717, 1.165) is 36.4 Å². The van der Waals surface area contributed by atoms with Crippen LogP contribution in [0.2, 0.25) is 0 Å². The van der Waals surface area contributed by atoms with E-state index in [4.69, 9.17) is 0 Å². The molecule has 0 aliphatic carbocycles. The summed E-state index contributed by atoms with van der Waals surface area (Å²) in [7, 11) is -4.01. The van der Waals surface area contributed by atoms with Gasteiger partial charge in [-0.15, -0.1) is 0 Å². The molecule has 0 spiro atoms. The first kappa shape index (κ1) is 17.0. The van der Waals surface area contributed by atoms with Crippen molar-refractivity contribution in [1.82, 2.24) is 4.72 Å². The van der Waals surface area contributed by atoms with E-state index >= 15 is 0 Å². The Balaban J connectivity index is 1.99. The number of carbonyl (C=O) groups is 1. The van der Waals surface area contributed by atoms with Crippen molar-refractivity contribution in [2.24, 2.45) is 0 Å². The zero-order valence-corrected chi connectivity index (χ0v) is 12.3. The third kappa shape index (κ3) is 4.54. The van der Waals surface area contributed by atoms with Crippen molar-refractivity contribution in [2.75, 3.05) is 11.9 Å². The first-order valence-electron chi connectivity index (χ1n) is 6.28. The number of halogens is 3. The predicted molar refractivity (Wildman–Crippen MR) is 76.6 cm³/mol. The van der Waals surface area contributed by atoms with Gasteiger partial charge in [-0.2, -0.15) is 0 Å². The molecule has 0 aliphatic heterocycles. The van der Waals surface area contributed by atoms with E-state index < -0.39 is 39.9 Å². The minimum atomic E-state index is -4.01. The Morgan fingerprint density at radius 2 is 1.57 bits per heavy atom. The Kier molecular flexibility index (Phi) is 5.02. The fraction of sp³-hybridized carbons (Fsp3) is 0.0714. The quantitative estimate of drug-likeness (QED) is 0.871. The Morgan fingerprint density at radius 1 is 0.957 bits per heavy atom. The molecule has 0 aliphatic rings. The van der Waals surface area contributed by atoms with Crippen LogP contribution in [-0.2, 0) is 14.8 Å². The largest absolute Gasteiger partial charge is 0.322 e. The summed E-state index contributed by atoms with van der Waals surface area (Å²) in [6, 6.07) is 6.53. The molecular weight excluding hydrogens is 333 g/mol. The maximum absolute atomic E-state index is 13.4. The van der Waals surface area contributed by atoms with Crippen LogP contribution in [-0.4, -0.2) is 20.9 Å². The molecule has 0 unspecified atom stereocenters. The van der Waals surface area contributed by atoms with Gasteiger partial charge in [0.15, 0.2) is 0 Å². The number of rotatable bonds is 5. The Bertz CT molecular complexity index is 824. The van der Waals surface area contributed by atoms with Crippen molar-refractivity contribution >= 4 is 21.6 Å². The first-order valence-corrected chi connectivity index (χ1v) is 7.76. The van der Waals surface area contributed by atoms with Gasteiger partial charge in [-0.05, 0) is 36.4 Å². The predicted octanol–water partition coefficient (Wildman–Crippen LogP) is 2.02. The summed E-state index contributed by atoms with van der Waals surface area (Å²) in [5, 5.41) is 2.10. The van der Waals surface area contributed by atoms with E-state index in [1.165, 1.54) is 0 Å². The highest BCUT2D eigenvalue weighted by molar-refractivity contribution is 7.89. The van der Waals surface area contributed by atoms with Crippen LogP contribution >= 0.6 is 0 Å². The lowest BCUT2D eigenvalue weighted by Crippen LogP contribution is -2.33. The van der Waals surface area contributed by atoms with Crippen molar-refractivity contribution < 1.29 is 26.4 Å². The van der Waals surface area contributed by atoms with Gasteiger partial charge < -0.3 is 5.32 Å². The molecule has 2 N–H and O–H groups in total. The summed E-state index contributed by atoms with van der Waals surface area (Å²) >= 11 is 0. The second kappa shape index (κ2) is 6.80. The summed E-state index contributed by atoms with van der Waals surface area (Å²) in [5.41, 5.74) is -0.280. The van der Waals surface area contributed by atoms with Crippen LogP contribution in [0.5, 0.6) is 0 Å². The molecule has 2 aromatic rings. The van der Waals surface area contributed by atoms with Crippen LogP contribution in [0.1, 0.15) is 0 Å². The summed E-state index contributed by atoms with van der Waals surface area (Å²) in [5.74, 6) is -3.24. The maximum atomic E-state index is 13.4. The van der Waals surface area contributed by atoms with Crippen LogP contribution in [0.3, 0.4) is 0 Å². The van der Waals surface area contributed by atoms with E-state index in [9.17, 15) is 26.4 Å². The highest BCUT2D eigenvalue weighted by atomic mass is 32.2. The topological polar surface area (TPSA) is 75.3 Å². The van der Waals surface area contributed by atoms with Gasteiger partial charge in [0.2, 0.25) is 15.9 Å². The van der Waals surface area contributed by atoms with E-state index in [2.05, 4.69) is 5.32 Å². The minimum absolute atomic E-state index is 0.223. The van der Waals surface area contributed by atoms with Gasteiger partial charge in [0.25, 0.3) is 0 Å². The molecular formula is C14H11F3N2O3S. The van der Waals surface area contributed by atoms with Gasteiger partial charge in [0.05, 0.1) is 17.1 Å². The van der Waals surface area contributed by atoms with Gasteiger partial charge in [-0.25, -0.2) is 26.3 Å². The van der Waals surface area contributed by atoms with Gasteiger partial charge in [-0.1, -0.05) is 0 Å². The van der Waals surface area contributed by atoms with Crippen molar-refractivity contribution in [2.45, 2.75) is 4.90 Å². The number of nitrogens with one attached hydrogen (secondary N) is 2. The second-order valence-electron chi connectivity index (χ2n) is 4.45. The van der Waals surface area contributed by atoms with Crippen LogP contribution in [0.15, 0.2) is 47.4 Å². The van der Waals surface area contributed by atoms with Crippen molar-refractivity contribution in [3.05, 3.63) is 59.9 Å². The molecule has 0 saturated heterocycles. The zero-order valence-electron chi connectivity index (χ0n) is 11.5. The van der Waals surface area contributed by atoms with E-state index in [0.29, 0.717) is 6.07 Å². The second-order valence-corrected chi connectivity index (χ2v) is 6.22. The van der Waals surface area contributed by atoms with Gasteiger partial charge in [0.1, 0.15) is 17.5 Å². The molecule has 1 amide bonds. The smallest absolute Gasteiger partial charge is 0.241 e. The zero-order chi connectivity index (χ0) is 17.0. The fourth-order valence-corrected chi connectivity index (χ4v) is 2.63. The molecule has 0 aromatic heterocycles. The van der Waals surface area contributed by atoms with Gasteiger partial charge in [0, 0.05) is 6.07 Å². The molecule has 2 rings (SSSR count). The summed E-state index contributed by atoms with van der Waals surface area (Å²) in [4.78, 5) is 11.4. The average Bonchev–Trinajstić information content (AvgIpc) is 2.49. The molecule has 0 fully saturated rings. The van der Waals surface area contributed by atoms with Crippen molar-refractivity contribution in [3.63, 3.8) is 0 Å². The number of carbonyl (C=O) groups excluding carboxylic acids is 1. The number of hydrogen-bond donors (Lipinski definition) is 2. The molecule has 9 heteroatoms. The number of sulfonamides is 1. The molecule has 122 valence electrons. The summed E-state index contributed by atoms with van der Waals surface area (Å²) in [6.45, 7) is -0.670. The highest BCUT2D eigenvalue weighted by Crippen LogP contribution is 2.14. The van der Waals surface area contributed by atoms with Crippen molar-refractivity contribution in [1.29, 1.82) is 0 Å². The summed E-state index contributed by atoms with van der Waals surface area (Å²) in [6.07, 6.45) is 0. The molecule has 5 nitrogen and oxygen atoms in total. The average molecular weight is 344 g/mol. The van der Waals surface area contributed by atoms with E-state index in [1.54, 1.807) is 0 Å². The molecule has 23 heavy (non-hydrogen) atoms. The molecule has 0 bridgehead atoms. The monoisotopic (exact) mass is 344 g/mol. The number of benzene rings is 2. The third-order valence-corrected chi connectivity index (χ3v) is 4.17. The van der Waals surface area contributed by atoms with Crippen LogP contribution in [0.4, 0.5) is 18.9 Å². The van der Waals surface area contributed by atoms with Crippen LogP contribution < -0.4 is 10.0 Å². The minimum Gasteiger partial charge on any atom is -0.322 e. The molecule has 0 heterocycles. The first-order chi connectivity index (χ1) is 10.8. The number of hydrogen-bond acceptors (Lipinski definition) is 3. The fourth-order valence-electron chi connectivity index (χ4n) is 1.64. The molecule has 2 aromatic carbocycles. The van der Waals surface area contributed by atoms with Crippen LogP contribution in [0.25, 0.3) is 0 Å². The lowest BCUT2D eigenvalue weighted by atomic mass is 10.3. The normalized spacial score (nSPS) is 11.3. The Hall–Kier alpha value is -2.39. The lowest BCUT2D eigenvalue weighted by molar-refractivity contribution is -0.115.